The topological polar surface area (TPSA) is 96.7 Å². The van der Waals surface area contributed by atoms with Gasteiger partial charge in [0, 0.05) is 31.6 Å². The number of guanidine groups is 1. The van der Waals surface area contributed by atoms with Crippen LogP contribution in [-0.4, -0.2) is 42.6 Å². The van der Waals surface area contributed by atoms with Crippen molar-refractivity contribution in [2.75, 3.05) is 26.0 Å². The molecular formula is C22H24FN5O2. The zero-order valence-corrected chi connectivity index (χ0v) is 17.1. The van der Waals surface area contributed by atoms with Gasteiger partial charge >= 0.3 is 0 Å². The van der Waals surface area contributed by atoms with E-state index in [9.17, 15) is 9.18 Å². The minimum Gasteiger partial charge on any atom is -0.370 e. The van der Waals surface area contributed by atoms with E-state index in [1.54, 1.807) is 32.3 Å². The first-order valence-electron chi connectivity index (χ1n) is 9.43. The fraction of sp³-hybridized carbons (Fsp3) is 0.227. The summed E-state index contributed by atoms with van der Waals surface area (Å²) < 4.78 is 19.2. The highest BCUT2D eigenvalue weighted by atomic mass is 19.1. The van der Waals surface area contributed by atoms with Crippen LogP contribution in [0.25, 0.3) is 11.1 Å². The van der Waals surface area contributed by atoms with Gasteiger partial charge in [-0.3, -0.25) is 10.1 Å². The quantitative estimate of drug-likeness (QED) is 0.480. The number of amides is 1. The van der Waals surface area contributed by atoms with E-state index in [1.807, 2.05) is 37.3 Å². The molecule has 0 saturated carbocycles. The average Bonchev–Trinajstić information content (AvgIpc) is 3.20. The summed E-state index contributed by atoms with van der Waals surface area (Å²) in [6, 6.07) is 16.1. The van der Waals surface area contributed by atoms with Crippen LogP contribution in [-0.2, 0) is 4.79 Å². The van der Waals surface area contributed by atoms with Crippen LogP contribution >= 0.6 is 0 Å². The summed E-state index contributed by atoms with van der Waals surface area (Å²) in [6.07, 6.45) is 0. The van der Waals surface area contributed by atoms with Gasteiger partial charge in [-0.1, -0.05) is 54.5 Å². The molecule has 7 nitrogen and oxygen atoms in total. The highest BCUT2D eigenvalue weighted by Crippen LogP contribution is 2.28. The monoisotopic (exact) mass is 409 g/mol. The Hall–Kier alpha value is -3.68. The van der Waals surface area contributed by atoms with Crippen LogP contribution in [0.3, 0.4) is 0 Å². The van der Waals surface area contributed by atoms with Crippen molar-refractivity contribution in [3.63, 3.8) is 0 Å². The molecule has 0 bridgehead atoms. The second-order valence-corrected chi connectivity index (χ2v) is 7.05. The van der Waals surface area contributed by atoms with Crippen LogP contribution in [0, 0.1) is 5.82 Å². The molecule has 1 atom stereocenters. The largest absolute Gasteiger partial charge is 0.370 e. The van der Waals surface area contributed by atoms with Crippen molar-refractivity contribution in [3.8, 4) is 11.1 Å². The SMILES string of the molecule is CC(c1ccc(-c2ccccc2F)cc1)c1cc(NC(N)=NCC(=O)N(C)C)on1. The number of benzene rings is 2. The molecule has 1 aromatic heterocycles. The molecule has 1 heterocycles. The molecule has 8 heteroatoms. The van der Waals surface area contributed by atoms with Crippen molar-refractivity contribution >= 4 is 17.8 Å². The van der Waals surface area contributed by atoms with Gasteiger partial charge in [0.05, 0.1) is 5.69 Å². The molecule has 3 aromatic rings. The molecule has 30 heavy (non-hydrogen) atoms. The van der Waals surface area contributed by atoms with Gasteiger partial charge in [-0.05, 0) is 17.2 Å². The number of nitrogens with one attached hydrogen (secondary N) is 1. The summed E-state index contributed by atoms with van der Waals surface area (Å²) in [5.74, 6) is -0.0665. The number of hydrogen-bond acceptors (Lipinski definition) is 4. The molecule has 2 aromatic carbocycles. The lowest BCUT2D eigenvalue weighted by molar-refractivity contribution is -0.127. The Balaban J connectivity index is 1.67. The number of nitrogens with two attached hydrogens (primary N) is 1. The van der Waals surface area contributed by atoms with Crippen LogP contribution < -0.4 is 11.1 Å². The molecule has 0 radical (unpaired) electrons. The third-order valence-electron chi connectivity index (χ3n) is 4.70. The molecule has 3 N–H and O–H groups in total. The maximum atomic E-state index is 14.0. The summed E-state index contributed by atoms with van der Waals surface area (Å²) in [7, 11) is 3.29. The van der Waals surface area contributed by atoms with Crippen molar-refractivity contribution in [2.24, 2.45) is 10.7 Å². The lowest BCUT2D eigenvalue weighted by Gasteiger charge is -2.10. The second-order valence-electron chi connectivity index (χ2n) is 7.05. The second kappa shape index (κ2) is 9.21. The third kappa shape index (κ3) is 5.02. The van der Waals surface area contributed by atoms with E-state index in [1.165, 1.54) is 11.0 Å². The van der Waals surface area contributed by atoms with Crippen molar-refractivity contribution < 1.29 is 13.7 Å². The highest BCUT2D eigenvalue weighted by Gasteiger charge is 2.15. The van der Waals surface area contributed by atoms with E-state index < -0.39 is 0 Å². The lowest BCUT2D eigenvalue weighted by atomic mass is 9.95. The normalized spacial score (nSPS) is 12.5. The van der Waals surface area contributed by atoms with Crippen LogP contribution in [0.2, 0.25) is 0 Å². The molecular weight excluding hydrogens is 385 g/mol. The summed E-state index contributed by atoms with van der Waals surface area (Å²) in [4.78, 5) is 17.0. The van der Waals surface area contributed by atoms with Crippen LogP contribution in [0.4, 0.5) is 10.3 Å². The Kier molecular flexibility index (Phi) is 6.46. The third-order valence-corrected chi connectivity index (χ3v) is 4.70. The Morgan fingerprint density at radius 1 is 1.23 bits per heavy atom. The highest BCUT2D eigenvalue weighted by molar-refractivity contribution is 5.92. The van der Waals surface area contributed by atoms with Crippen molar-refractivity contribution in [3.05, 3.63) is 71.7 Å². The number of aromatic nitrogens is 1. The first kappa shape index (κ1) is 21.0. The van der Waals surface area contributed by atoms with Gasteiger partial charge < -0.3 is 15.2 Å². The summed E-state index contributed by atoms with van der Waals surface area (Å²) in [5, 5.41) is 6.87. The van der Waals surface area contributed by atoms with Gasteiger partial charge in [-0.25, -0.2) is 9.38 Å². The molecule has 1 unspecified atom stereocenters. The number of carbonyl (C=O) groups is 1. The summed E-state index contributed by atoms with van der Waals surface area (Å²) >= 11 is 0. The predicted octanol–water partition coefficient (Wildman–Crippen LogP) is 3.45. The zero-order chi connectivity index (χ0) is 21.7. The average molecular weight is 409 g/mol. The van der Waals surface area contributed by atoms with Gasteiger partial charge in [0.15, 0.2) is 5.96 Å². The molecule has 0 saturated heterocycles. The van der Waals surface area contributed by atoms with E-state index in [0.717, 1.165) is 11.1 Å². The molecule has 1 amide bonds. The fourth-order valence-corrected chi connectivity index (χ4v) is 2.83. The van der Waals surface area contributed by atoms with Gasteiger partial charge in [-0.2, -0.15) is 0 Å². The summed E-state index contributed by atoms with van der Waals surface area (Å²) in [5.41, 5.74) is 8.86. The maximum Gasteiger partial charge on any atom is 0.243 e. The van der Waals surface area contributed by atoms with Crippen molar-refractivity contribution in [2.45, 2.75) is 12.8 Å². The number of hydrogen-bond donors (Lipinski definition) is 2. The Morgan fingerprint density at radius 2 is 1.93 bits per heavy atom. The summed E-state index contributed by atoms with van der Waals surface area (Å²) in [6.45, 7) is 1.94. The number of likely N-dealkylation sites (N-methyl/N-ethyl adjacent to an activating group) is 1. The van der Waals surface area contributed by atoms with Crippen LogP contribution in [0.15, 0.2) is 64.1 Å². The molecule has 0 aliphatic rings. The Morgan fingerprint density at radius 3 is 2.60 bits per heavy atom. The number of rotatable bonds is 6. The zero-order valence-electron chi connectivity index (χ0n) is 17.1. The van der Waals surface area contributed by atoms with E-state index in [0.29, 0.717) is 17.1 Å². The minimum absolute atomic E-state index is 0.0487. The van der Waals surface area contributed by atoms with Crippen molar-refractivity contribution in [1.82, 2.24) is 10.1 Å². The van der Waals surface area contributed by atoms with Gasteiger partial charge in [0.2, 0.25) is 11.8 Å². The van der Waals surface area contributed by atoms with Crippen molar-refractivity contribution in [1.29, 1.82) is 0 Å². The van der Waals surface area contributed by atoms with Gasteiger partial charge in [-0.15, -0.1) is 0 Å². The first-order valence-corrected chi connectivity index (χ1v) is 9.43. The fourth-order valence-electron chi connectivity index (χ4n) is 2.83. The van der Waals surface area contributed by atoms with E-state index in [-0.39, 0.29) is 30.1 Å². The molecule has 0 fully saturated rings. The number of halogens is 1. The standard InChI is InChI=1S/C22H24FN5O2/c1-14(15-8-10-16(11-9-15)17-6-4-5-7-18(17)23)19-12-20(30-27-19)26-22(24)25-13-21(29)28(2)3/h4-12,14H,13H2,1-3H3,(H3,24,25,26). The number of aliphatic imine (C=N–C) groups is 1. The lowest BCUT2D eigenvalue weighted by Crippen LogP contribution is -2.28. The predicted molar refractivity (Wildman–Crippen MR) is 115 cm³/mol. The molecule has 0 aliphatic heterocycles. The van der Waals surface area contributed by atoms with Crippen LogP contribution in [0.5, 0.6) is 0 Å². The van der Waals surface area contributed by atoms with E-state index in [2.05, 4.69) is 15.5 Å². The van der Waals surface area contributed by atoms with E-state index >= 15 is 0 Å². The minimum atomic E-state index is -0.253. The Labute approximate surface area is 174 Å². The first-order chi connectivity index (χ1) is 14.3. The molecule has 0 aliphatic carbocycles. The molecule has 156 valence electrons. The van der Waals surface area contributed by atoms with Crippen LogP contribution in [0.1, 0.15) is 24.1 Å². The van der Waals surface area contributed by atoms with Gasteiger partial charge in [0.1, 0.15) is 12.4 Å². The number of anilines is 1. The number of nitrogens with zero attached hydrogens (tertiary/aromatic N) is 3. The molecule has 0 spiro atoms. The van der Waals surface area contributed by atoms with Gasteiger partial charge in [0.25, 0.3) is 0 Å². The maximum absolute atomic E-state index is 14.0. The Bertz CT molecular complexity index is 1040. The number of carbonyl (C=O) groups excluding carboxylic acids is 1. The van der Waals surface area contributed by atoms with E-state index in [4.69, 9.17) is 10.3 Å². The smallest absolute Gasteiger partial charge is 0.243 e. The molecule has 3 rings (SSSR count).